The predicted octanol–water partition coefficient (Wildman–Crippen LogP) is 2.13. The Kier molecular flexibility index (Phi) is 3.60. The van der Waals surface area contributed by atoms with E-state index in [2.05, 4.69) is 10.3 Å². The van der Waals surface area contributed by atoms with Gasteiger partial charge in [-0.3, -0.25) is 19.9 Å². The predicted molar refractivity (Wildman–Crippen MR) is 74.4 cm³/mol. The normalized spacial score (nSPS) is 10.1. The van der Waals surface area contributed by atoms with E-state index in [1.807, 2.05) is 6.92 Å². The van der Waals surface area contributed by atoms with Gasteiger partial charge in [0.2, 0.25) is 0 Å². The van der Waals surface area contributed by atoms with Crippen molar-refractivity contribution in [2.75, 3.05) is 11.1 Å². The number of nitro benzene ring substituents is 1. The highest BCUT2D eigenvalue weighted by Gasteiger charge is 2.20. The molecule has 1 amide bonds. The number of hydrogen-bond acceptors (Lipinski definition) is 5. The molecular weight excluding hydrogens is 260 g/mol. The molecule has 1 aromatic carbocycles. The molecule has 1 aromatic heterocycles. The van der Waals surface area contributed by atoms with Crippen molar-refractivity contribution in [1.82, 2.24) is 4.98 Å². The van der Waals surface area contributed by atoms with E-state index in [-0.39, 0.29) is 16.9 Å². The average Bonchev–Trinajstić information content (AvgIpc) is 2.38. The summed E-state index contributed by atoms with van der Waals surface area (Å²) in [5.41, 5.74) is 6.80. The Balaban J connectivity index is 2.34. The maximum atomic E-state index is 12.1. The van der Waals surface area contributed by atoms with Gasteiger partial charge in [0.05, 0.1) is 16.8 Å². The number of nitro groups is 1. The van der Waals surface area contributed by atoms with E-state index < -0.39 is 10.8 Å². The zero-order chi connectivity index (χ0) is 14.7. The first-order chi connectivity index (χ1) is 9.47. The summed E-state index contributed by atoms with van der Waals surface area (Å²) in [5, 5.41) is 13.5. The number of nitrogens with zero attached hydrogens (tertiary/aromatic N) is 2. The highest BCUT2D eigenvalue weighted by Crippen LogP contribution is 2.22. The number of rotatable bonds is 3. The molecule has 0 aliphatic carbocycles. The summed E-state index contributed by atoms with van der Waals surface area (Å²) in [6.45, 7) is 1.83. The minimum Gasteiger partial charge on any atom is -0.399 e. The number of aromatic nitrogens is 1. The highest BCUT2D eigenvalue weighted by molar-refractivity contribution is 6.07. The van der Waals surface area contributed by atoms with E-state index in [4.69, 9.17) is 5.73 Å². The Hall–Kier alpha value is -2.96. The summed E-state index contributed by atoms with van der Waals surface area (Å²) < 4.78 is 0. The SMILES string of the molecule is Cc1cncc(NC(=O)c2cc(N)ccc2[N+](=O)[O-])c1. The number of benzene rings is 1. The molecule has 0 fully saturated rings. The minimum atomic E-state index is -0.622. The van der Waals surface area contributed by atoms with Gasteiger partial charge in [0.25, 0.3) is 11.6 Å². The number of nitrogens with two attached hydrogens (primary N) is 1. The van der Waals surface area contributed by atoms with E-state index in [1.54, 1.807) is 12.3 Å². The van der Waals surface area contributed by atoms with Crippen LogP contribution in [0.3, 0.4) is 0 Å². The van der Waals surface area contributed by atoms with E-state index in [0.29, 0.717) is 5.69 Å². The zero-order valence-corrected chi connectivity index (χ0v) is 10.7. The molecule has 7 nitrogen and oxygen atoms in total. The van der Waals surface area contributed by atoms with Crippen LogP contribution in [-0.2, 0) is 0 Å². The third kappa shape index (κ3) is 2.89. The zero-order valence-electron chi connectivity index (χ0n) is 10.7. The molecule has 0 aliphatic rings. The van der Waals surface area contributed by atoms with Gasteiger partial charge in [-0.1, -0.05) is 0 Å². The fourth-order valence-corrected chi connectivity index (χ4v) is 1.72. The van der Waals surface area contributed by atoms with Gasteiger partial charge in [-0.2, -0.15) is 0 Å². The summed E-state index contributed by atoms with van der Waals surface area (Å²) in [5.74, 6) is -0.601. The molecule has 0 saturated carbocycles. The molecule has 0 atom stereocenters. The van der Waals surface area contributed by atoms with Crippen molar-refractivity contribution in [2.24, 2.45) is 0 Å². The first-order valence-corrected chi connectivity index (χ1v) is 5.74. The van der Waals surface area contributed by atoms with Crippen molar-refractivity contribution < 1.29 is 9.72 Å². The van der Waals surface area contributed by atoms with Crippen LogP contribution in [0.15, 0.2) is 36.7 Å². The molecule has 0 unspecified atom stereocenters. The number of aryl methyl sites for hydroxylation is 1. The van der Waals surface area contributed by atoms with Crippen molar-refractivity contribution in [2.45, 2.75) is 6.92 Å². The van der Waals surface area contributed by atoms with Gasteiger partial charge in [0.1, 0.15) is 5.56 Å². The van der Waals surface area contributed by atoms with Crippen LogP contribution in [0, 0.1) is 17.0 Å². The molecular formula is C13H12N4O3. The number of carbonyl (C=O) groups is 1. The van der Waals surface area contributed by atoms with Crippen LogP contribution in [0.4, 0.5) is 17.1 Å². The largest absolute Gasteiger partial charge is 0.399 e. The molecule has 102 valence electrons. The summed E-state index contributed by atoms with van der Waals surface area (Å²) in [7, 11) is 0. The average molecular weight is 272 g/mol. The van der Waals surface area contributed by atoms with Crippen LogP contribution in [0.2, 0.25) is 0 Å². The maximum absolute atomic E-state index is 12.1. The van der Waals surface area contributed by atoms with Crippen molar-refractivity contribution >= 4 is 23.0 Å². The molecule has 0 aliphatic heterocycles. The Labute approximate surface area is 114 Å². The van der Waals surface area contributed by atoms with Crippen molar-refractivity contribution in [3.8, 4) is 0 Å². The topological polar surface area (TPSA) is 111 Å². The van der Waals surface area contributed by atoms with Crippen molar-refractivity contribution in [1.29, 1.82) is 0 Å². The molecule has 2 rings (SSSR count). The second-order valence-corrected chi connectivity index (χ2v) is 4.24. The number of hydrogen-bond donors (Lipinski definition) is 2. The number of nitrogen functional groups attached to an aromatic ring is 1. The molecule has 0 radical (unpaired) electrons. The second kappa shape index (κ2) is 5.35. The van der Waals surface area contributed by atoms with Gasteiger partial charge < -0.3 is 11.1 Å². The van der Waals surface area contributed by atoms with Gasteiger partial charge in [0, 0.05) is 18.0 Å². The Morgan fingerprint density at radius 2 is 2.10 bits per heavy atom. The van der Waals surface area contributed by atoms with Crippen LogP contribution in [0.5, 0.6) is 0 Å². The van der Waals surface area contributed by atoms with Crippen LogP contribution in [0.25, 0.3) is 0 Å². The maximum Gasteiger partial charge on any atom is 0.282 e. The molecule has 0 spiro atoms. The van der Waals surface area contributed by atoms with Gasteiger partial charge >= 0.3 is 0 Å². The first-order valence-electron chi connectivity index (χ1n) is 5.74. The van der Waals surface area contributed by atoms with Crippen molar-refractivity contribution in [3.05, 3.63) is 57.9 Å². The minimum absolute atomic E-state index is 0.0866. The lowest BCUT2D eigenvalue weighted by Gasteiger charge is -2.06. The monoisotopic (exact) mass is 272 g/mol. The van der Waals surface area contributed by atoms with E-state index >= 15 is 0 Å². The van der Waals surface area contributed by atoms with Crippen molar-refractivity contribution in [3.63, 3.8) is 0 Å². The fourth-order valence-electron chi connectivity index (χ4n) is 1.72. The first kappa shape index (κ1) is 13.5. The smallest absolute Gasteiger partial charge is 0.282 e. The molecule has 0 saturated heterocycles. The number of anilines is 2. The summed E-state index contributed by atoms with van der Waals surface area (Å²) in [4.78, 5) is 26.3. The third-order valence-corrected chi connectivity index (χ3v) is 2.59. The highest BCUT2D eigenvalue weighted by atomic mass is 16.6. The number of nitrogens with one attached hydrogen (secondary N) is 1. The summed E-state index contributed by atoms with van der Waals surface area (Å²) >= 11 is 0. The fraction of sp³-hybridized carbons (Fsp3) is 0.0769. The summed E-state index contributed by atoms with van der Waals surface area (Å²) in [6.07, 6.45) is 3.10. The van der Waals surface area contributed by atoms with E-state index in [9.17, 15) is 14.9 Å². The van der Waals surface area contributed by atoms with Crippen LogP contribution in [-0.4, -0.2) is 15.8 Å². The third-order valence-electron chi connectivity index (χ3n) is 2.59. The Bertz CT molecular complexity index is 685. The lowest BCUT2D eigenvalue weighted by atomic mass is 10.1. The lowest BCUT2D eigenvalue weighted by Crippen LogP contribution is -2.14. The van der Waals surface area contributed by atoms with Gasteiger partial charge in [-0.15, -0.1) is 0 Å². The van der Waals surface area contributed by atoms with Crippen LogP contribution >= 0.6 is 0 Å². The number of amides is 1. The van der Waals surface area contributed by atoms with Crippen LogP contribution in [0.1, 0.15) is 15.9 Å². The quantitative estimate of drug-likeness (QED) is 0.505. The molecule has 7 heteroatoms. The van der Waals surface area contributed by atoms with Gasteiger partial charge in [-0.25, -0.2) is 0 Å². The van der Waals surface area contributed by atoms with Crippen LogP contribution < -0.4 is 11.1 Å². The Morgan fingerprint density at radius 1 is 1.35 bits per heavy atom. The van der Waals surface area contributed by atoms with E-state index in [0.717, 1.165) is 5.56 Å². The molecule has 0 bridgehead atoms. The molecule has 2 aromatic rings. The van der Waals surface area contributed by atoms with E-state index in [1.165, 1.54) is 24.4 Å². The number of pyridine rings is 1. The van der Waals surface area contributed by atoms with Gasteiger partial charge in [0.15, 0.2) is 0 Å². The lowest BCUT2D eigenvalue weighted by molar-refractivity contribution is -0.385. The molecule has 20 heavy (non-hydrogen) atoms. The number of carbonyl (C=O) groups excluding carboxylic acids is 1. The standard InChI is InChI=1S/C13H12N4O3/c1-8-4-10(7-15-6-8)16-13(18)11-5-9(14)2-3-12(11)17(19)20/h2-7H,14H2,1H3,(H,16,18). The van der Waals surface area contributed by atoms with Gasteiger partial charge in [-0.05, 0) is 30.7 Å². The Morgan fingerprint density at radius 3 is 2.75 bits per heavy atom. The second-order valence-electron chi connectivity index (χ2n) is 4.24. The molecule has 3 N–H and O–H groups in total. The molecule has 1 heterocycles. The summed E-state index contributed by atoms with van der Waals surface area (Å²) in [6, 6.07) is 5.57.